The molecule has 0 N–H and O–H groups in total. The summed E-state index contributed by atoms with van der Waals surface area (Å²) in [6, 6.07) is 0. The van der Waals surface area contributed by atoms with E-state index in [1.807, 2.05) is 20.8 Å². The van der Waals surface area contributed by atoms with Crippen LogP contribution in [0.4, 0.5) is 0 Å². The second-order valence-electron chi connectivity index (χ2n) is 8.15. The summed E-state index contributed by atoms with van der Waals surface area (Å²) in [6.45, 7) is 12.0. The van der Waals surface area contributed by atoms with Crippen molar-refractivity contribution in [3.63, 3.8) is 0 Å². The van der Waals surface area contributed by atoms with Gasteiger partial charge in [0.2, 0.25) is 0 Å². The van der Waals surface area contributed by atoms with Crippen molar-refractivity contribution in [3.05, 3.63) is 0 Å². The first-order valence-electron chi connectivity index (χ1n) is 12.3. The molecule has 0 saturated carbocycles. The first-order chi connectivity index (χ1) is 14.9. The number of hydrogen-bond donors (Lipinski definition) is 0. The van der Waals surface area contributed by atoms with Crippen LogP contribution in [0.25, 0.3) is 0 Å². The second kappa shape index (κ2) is 18.5. The molecule has 6 nitrogen and oxygen atoms in total. The Bertz CT molecular complexity index is 439. The predicted molar refractivity (Wildman–Crippen MR) is 118 cm³/mol. The zero-order chi connectivity index (χ0) is 23.6. The Labute approximate surface area is 195 Å². The normalized spacial score (nSPS) is 14.0. The first-order valence-corrected chi connectivity index (χ1v) is 13.8. The summed E-state index contributed by atoms with van der Waals surface area (Å²) in [5.74, 6) is -2.09. The standard InChI is InChI=1S/3C8H16O2.Cr/c3*1-3-5-6-7(4-2)8(9)10;/h3*7H,3-6H2,1-2H3,(H,9,10);/q;;;+3/p-3. The summed E-state index contributed by atoms with van der Waals surface area (Å²) >= 11 is -3.10. The Morgan fingerprint density at radius 1 is 0.548 bits per heavy atom. The maximum absolute atomic E-state index is 12.7. The Balaban J connectivity index is 5.32. The van der Waals surface area contributed by atoms with Crippen LogP contribution in [-0.4, -0.2) is 17.9 Å². The minimum absolute atomic E-state index is 0.271. The van der Waals surface area contributed by atoms with Crippen LogP contribution in [0.1, 0.15) is 119 Å². The van der Waals surface area contributed by atoms with Gasteiger partial charge in [-0.15, -0.1) is 0 Å². The molecule has 0 radical (unpaired) electrons. The molecule has 0 saturated heterocycles. The summed E-state index contributed by atoms with van der Waals surface area (Å²) in [7, 11) is 0. The molecule has 0 aromatic rings. The number of carbonyl (C=O) groups is 3. The number of carbonyl (C=O) groups excluding carboxylic acids is 3. The summed E-state index contributed by atoms with van der Waals surface area (Å²) in [5, 5.41) is 0. The van der Waals surface area contributed by atoms with Crippen LogP contribution in [0.15, 0.2) is 0 Å². The van der Waals surface area contributed by atoms with Crippen LogP contribution in [0.3, 0.4) is 0 Å². The zero-order valence-electron chi connectivity index (χ0n) is 20.6. The molecule has 0 aliphatic carbocycles. The van der Waals surface area contributed by atoms with Gasteiger partial charge in [0.1, 0.15) is 0 Å². The third-order valence-electron chi connectivity index (χ3n) is 5.65. The molecule has 0 heterocycles. The van der Waals surface area contributed by atoms with Crippen LogP contribution in [-0.2, 0) is 40.9 Å². The second-order valence-corrected chi connectivity index (χ2v) is 9.57. The molecular formula is C24H45CrO6. The van der Waals surface area contributed by atoms with Gasteiger partial charge in [0, 0.05) is 0 Å². The Morgan fingerprint density at radius 3 is 1.00 bits per heavy atom. The van der Waals surface area contributed by atoms with Gasteiger partial charge in [0.25, 0.3) is 0 Å². The van der Waals surface area contributed by atoms with Crippen molar-refractivity contribution in [2.75, 3.05) is 0 Å². The molecule has 7 heteroatoms. The summed E-state index contributed by atoms with van der Waals surface area (Å²) in [5.41, 5.74) is 0. The summed E-state index contributed by atoms with van der Waals surface area (Å²) in [6.07, 6.45) is 9.78. The van der Waals surface area contributed by atoms with E-state index < -0.39 is 33.1 Å². The molecule has 0 amide bonds. The van der Waals surface area contributed by atoms with Crippen molar-refractivity contribution in [1.82, 2.24) is 0 Å². The van der Waals surface area contributed by atoms with E-state index in [0.29, 0.717) is 19.3 Å². The van der Waals surface area contributed by atoms with Crippen LogP contribution in [0.2, 0.25) is 0 Å². The van der Waals surface area contributed by atoms with Crippen molar-refractivity contribution < 1.29 is 40.9 Å². The monoisotopic (exact) mass is 481 g/mol. The zero-order valence-corrected chi connectivity index (χ0v) is 21.9. The third-order valence-corrected chi connectivity index (χ3v) is 7.05. The van der Waals surface area contributed by atoms with Crippen molar-refractivity contribution in [2.24, 2.45) is 17.8 Å². The molecule has 0 rings (SSSR count). The number of hydrogen-bond acceptors (Lipinski definition) is 6. The molecule has 0 spiro atoms. The van der Waals surface area contributed by atoms with Gasteiger partial charge in [0.15, 0.2) is 0 Å². The average Bonchev–Trinajstić information content (AvgIpc) is 2.75. The first kappa shape index (κ1) is 29.9. The molecule has 31 heavy (non-hydrogen) atoms. The van der Waals surface area contributed by atoms with E-state index in [1.54, 1.807) is 0 Å². The van der Waals surface area contributed by atoms with Gasteiger partial charge < -0.3 is 0 Å². The van der Waals surface area contributed by atoms with Gasteiger partial charge in [-0.3, -0.25) is 0 Å². The maximum atomic E-state index is 12.7. The number of unbranched alkanes of at least 4 members (excludes halogenated alkanes) is 3. The van der Waals surface area contributed by atoms with E-state index in [0.717, 1.165) is 57.8 Å². The van der Waals surface area contributed by atoms with E-state index in [-0.39, 0.29) is 17.8 Å². The van der Waals surface area contributed by atoms with E-state index in [9.17, 15) is 14.4 Å². The molecule has 3 atom stereocenters. The van der Waals surface area contributed by atoms with Crippen molar-refractivity contribution >= 4 is 17.9 Å². The van der Waals surface area contributed by atoms with Gasteiger partial charge in [-0.1, -0.05) is 0 Å². The van der Waals surface area contributed by atoms with Crippen LogP contribution < -0.4 is 0 Å². The van der Waals surface area contributed by atoms with Gasteiger partial charge >= 0.3 is 195 Å². The SMILES string of the molecule is CCCCC(CC)C(=O)[O][Cr]([O]C(=O)C(CC)CCCC)[O]C(=O)C(CC)CCCC. The van der Waals surface area contributed by atoms with Crippen molar-refractivity contribution in [1.29, 1.82) is 0 Å². The molecule has 0 aliphatic rings. The molecule has 0 bridgehead atoms. The molecule has 3 unspecified atom stereocenters. The third kappa shape index (κ3) is 12.5. The van der Waals surface area contributed by atoms with E-state index in [2.05, 4.69) is 20.8 Å². The average molecular weight is 482 g/mol. The van der Waals surface area contributed by atoms with Crippen LogP contribution in [0.5, 0.6) is 0 Å². The van der Waals surface area contributed by atoms with Crippen LogP contribution in [0, 0.1) is 17.8 Å². The molecule has 183 valence electrons. The minimum atomic E-state index is -3.10. The topological polar surface area (TPSA) is 78.9 Å². The van der Waals surface area contributed by atoms with Gasteiger partial charge in [0.05, 0.1) is 0 Å². The van der Waals surface area contributed by atoms with Gasteiger partial charge in [-0.2, -0.15) is 0 Å². The molecular weight excluding hydrogens is 436 g/mol. The Morgan fingerprint density at radius 2 is 0.806 bits per heavy atom. The fourth-order valence-corrected chi connectivity index (χ4v) is 4.70. The summed E-state index contributed by atoms with van der Waals surface area (Å²) in [4.78, 5) is 38.1. The fraction of sp³-hybridized carbons (Fsp3) is 0.875. The predicted octanol–water partition coefficient (Wildman–Crippen LogP) is 6.63. The van der Waals surface area contributed by atoms with E-state index >= 15 is 0 Å². The number of rotatable bonds is 18. The molecule has 0 fully saturated rings. The van der Waals surface area contributed by atoms with Gasteiger partial charge in [-0.05, 0) is 0 Å². The quantitative estimate of drug-likeness (QED) is 0.219. The van der Waals surface area contributed by atoms with Crippen LogP contribution >= 0.6 is 0 Å². The molecule has 0 aliphatic heterocycles. The Kier molecular flexibility index (Phi) is 17.9. The van der Waals surface area contributed by atoms with E-state index in [4.69, 9.17) is 11.4 Å². The molecule has 0 aromatic heterocycles. The van der Waals surface area contributed by atoms with Crippen molar-refractivity contribution in [3.8, 4) is 0 Å². The van der Waals surface area contributed by atoms with E-state index in [1.165, 1.54) is 0 Å². The molecule has 0 aromatic carbocycles. The fourth-order valence-electron chi connectivity index (χ4n) is 3.27. The Hall–Kier alpha value is -1.06. The van der Waals surface area contributed by atoms with Gasteiger partial charge in [-0.25, -0.2) is 0 Å². The van der Waals surface area contributed by atoms with Crippen molar-refractivity contribution in [2.45, 2.75) is 119 Å². The summed E-state index contributed by atoms with van der Waals surface area (Å²) < 4.78 is 16.6.